The van der Waals surface area contributed by atoms with Gasteiger partial charge in [-0.05, 0) is 32.4 Å². The van der Waals surface area contributed by atoms with Crippen LogP contribution < -0.4 is 16.0 Å². The van der Waals surface area contributed by atoms with Gasteiger partial charge in [-0.25, -0.2) is 8.42 Å². The molecular weight excluding hydrogens is 340 g/mol. The molecule has 0 aliphatic carbocycles. The van der Waals surface area contributed by atoms with Gasteiger partial charge in [0.1, 0.15) is 9.84 Å². The Morgan fingerprint density at radius 2 is 1.88 bits per heavy atom. The molecule has 0 aliphatic rings. The van der Waals surface area contributed by atoms with Gasteiger partial charge in [0.05, 0.1) is 12.3 Å². The van der Waals surface area contributed by atoms with E-state index in [-0.39, 0.29) is 17.7 Å². The third-order valence-electron chi connectivity index (χ3n) is 3.35. The van der Waals surface area contributed by atoms with Gasteiger partial charge in [0, 0.05) is 31.0 Å². The lowest BCUT2D eigenvalue weighted by atomic mass is 10.2. The fraction of sp³-hybridized carbons (Fsp3) is 0.529. The van der Waals surface area contributed by atoms with Gasteiger partial charge in [0.15, 0.2) is 5.96 Å². The van der Waals surface area contributed by atoms with Crippen LogP contribution in [0, 0.1) is 0 Å². The van der Waals surface area contributed by atoms with Crippen LogP contribution in [-0.2, 0) is 9.84 Å². The maximum absolute atomic E-state index is 11.9. The zero-order chi connectivity index (χ0) is 18.7. The molecule has 0 saturated carbocycles. The number of hydrogen-bond donors (Lipinski definition) is 3. The molecule has 1 amide bonds. The Morgan fingerprint density at radius 3 is 2.48 bits per heavy atom. The summed E-state index contributed by atoms with van der Waals surface area (Å²) < 4.78 is 22.5. The number of aliphatic imine (C=N–C) groups is 1. The highest BCUT2D eigenvalue weighted by Gasteiger charge is 2.09. The fourth-order valence-electron chi connectivity index (χ4n) is 2.05. The minimum Gasteiger partial charge on any atom is -0.357 e. The van der Waals surface area contributed by atoms with Gasteiger partial charge in [0.2, 0.25) is 0 Å². The number of carbonyl (C=O) groups excluding carboxylic acids is 1. The number of sulfone groups is 1. The summed E-state index contributed by atoms with van der Waals surface area (Å²) in [5.74, 6) is 0.612. The summed E-state index contributed by atoms with van der Waals surface area (Å²) in [6.07, 6.45) is 1.74. The molecule has 0 radical (unpaired) electrons. The van der Waals surface area contributed by atoms with Gasteiger partial charge in [-0.3, -0.25) is 9.79 Å². The quantitative estimate of drug-likeness (QED) is 0.340. The third-order valence-corrected chi connectivity index (χ3v) is 4.33. The first-order chi connectivity index (χ1) is 11.8. The Bertz CT molecular complexity index is 660. The van der Waals surface area contributed by atoms with Gasteiger partial charge in [0.25, 0.3) is 5.91 Å². The van der Waals surface area contributed by atoms with E-state index in [1.807, 2.05) is 32.0 Å². The van der Waals surface area contributed by atoms with E-state index in [1.165, 1.54) is 6.26 Å². The fourth-order valence-corrected chi connectivity index (χ4v) is 2.83. The SMILES string of the molecule is CCNC(=NCCNC(=O)c1ccccc1)NC(C)CCS(C)(=O)=O. The summed E-state index contributed by atoms with van der Waals surface area (Å²) in [5.41, 5.74) is 0.617. The number of nitrogens with zero attached hydrogens (tertiary/aromatic N) is 1. The number of rotatable bonds is 9. The minimum atomic E-state index is -2.97. The van der Waals surface area contributed by atoms with Crippen molar-refractivity contribution >= 4 is 21.7 Å². The Kier molecular flexibility index (Phi) is 8.98. The molecule has 1 unspecified atom stereocenters. The lowest BCUT2D eigenvalue weighted by Gasteiger charge is -2.17. The van der Waals surface area contributed by atoms with Crippen LogP contribution in [0.25, 0.3) is 0 Å². The first-order valence-corrected chi connectivity index (χ1v) is 10.4. The van der Waals surface area contributed by atoms with E-state index in [0.717, 1.165) is 0 Å². The van der Waals surface area contributed by atoms with Crippen molar-refractivity contribution in [3.05, 3.63) is 35.9 Å². The Hall–Kier alpha value is -2.09. The van der Waals surface area contributed by atoms with Gasteiger partial charge >= 0.3 is 0 Å². The molecule has 1 rings (SSSR count). The predicted molar refractivity (Wildman–Crippen MR) is 102 cm³/mol. The summed E-state index contributed by atoms with van der Waals surface area (Å²) >= 11 is 0. The smallest absolute Gasteiger partial charge is 0.251 e. The topological polar surface area (TPSA) is 99.7 Å². The standard InChI is InChI=1S/C17H28N4O3S/c1-4-18-17(21-14(2)10-13-25(3,23)24)20-12-11-19-16(22)15-8-6-5-7-9-15/h5-9,14H,4,10-13H2,1-3H3,(H,19,22)(H2,18,20,21). The van der Waals surface area contributed by atoms with Crippen LogP contribution in [0.5, 0.6) is 0 Å². The first kappa shape index (κ1) is 21.0. The summed E-state index contributed by atoms with van der Waals surface area (Å²) in [7, 11) is -2.97. The van der Waals surface area contributed by atoms with E-state index < -0.39 is 9.84 Å². The highest BCUT2D eigenvalue weighted by atomic mass is 32.2. The molecule has 7 nitrogen and oxygen atoms in total. The monoisotopic (exact) mass is 368 g/mol. The maximum Gasteiger partial charge on any atom is 0.251 e. The predicted octanol–water partition coefficient (Wildman–Crippen LogP) is 0.795. The van der Waals surface area contributed by atoms with Crippen molar-refractivity contribution in [1.29, 1.82) is 0 Å². The van der Waals surface area contributed by atoms with Gasteiger partial charge in [-0.1, -0.05) is 18.2 Å². The Morgan fingerprint density at radius 1 is 1.20 bits per heavy atom. The number of nitrogens with one attached hydrogen (secondary N) is 3. The lowest BCUT2D eigenvalue weighted by Crippen LogP contribution is -2.43. The largest absolute Gasteiger partial charge is 0.357 e. The molecule has 0 spiro atoms. The number of amides is 1. The number of guanidine groups is 1. The zero-order valence-electron chi connectivity index (χ0n) is 15.1. The molecule has 8 heteroatoms. The number of hydrogen-bond acceptors (Lipinski definition) is 4. The average Bonchev–Trinajstić information content (AvgIpc) is 2.57. The molecule has 1 aromatic rings. The summed E-state index contributed by atoms with van der Waals surface area (Å²) in [6.45, 7) is 5.40. The second-order valence-electron chi connectivity index (χ2n) is 5.85. The van der Waals surface area contributed by atoms with Crippen molar-refractivity contribution in [2.75, 3.05) is 31.6 Å². The molecule has 3 N–H and O–H groups in total. The third kappa shape index (κ3) is 9.71. The molecule has 25 heavy (non-hydrogen) atoms. The van der Waals surface area contributed by atoms with E-state index in [1.54, 1.807) is 12.1 Å². The van der Waals surface area contributed by atoms with Crippen LogP contribution in [0.4, 0.5) is 0 Å². The number of benzene rings is 1. The van der Waals surface area contributed by atoms with E-state index in [2.05, 4.69) is 20.9 Å². The van der Waals surface area contributed by atoms with Crippen LogP contribution >= 0.6 is 0 Å². The van der Waals surface area contributed by atoms with E-state index >= 15 is 0 Å². The average molecular weight is 369 g/mol. The Balaban J connectivity index is 2.43. The van der Waals surface area contributed by atoms with E-state index in [4.69, 9.17) is 0 Å². The molecule has 0 aromatic heterocycles. The molecule has 140 valence electrons. The van der Waals surface area contributed by atoms with Crippen molar-refractivity contribution < 1.29 is 13.2 Å². The zero-order valence-corrected chi connectivity index (χ0v) is 15.9. The maximum atomic E-state index is 11.9. The summed E-state index contributed by atoms with van der Waals surface area (Å²) in [4.78, 5) is 16.3. The van der Waals surface area contributed by atoms with Crippen molar-refractivity contribution in [2.24, 2.45) is 4.99 Å². The van der Waals surface area contributed by atoms with Gasteiger partial charge < -0.3 is 16.0 Å². The molecule has 1 atom stereocenters. The summed E-state index contributed by atoms with van der Waals surface area (Å²) in [5, 5.41) is 9.09. The van der Waals surface area contributed by atoms with Crippen molar-refractivity contribution in [1.82, 2.24) is 16.0 Å². The summed E-state index contributed by atoms with van der Waals surface area (Å²) in [6, 6.07) is 8.99. The molecule has 0 saturated heterocycles. The second kappa shape index (κ2) is 10.7. The van der Waals surface area contributed by atoms with Crippen LogP contribution in [-0.4, -0.2) is 58.0 Å². The normalized spacial score (nSPS) is 13.2. The minimum absolute atomic E-state index is 0.0218. The van der Waals surface area contributed by atoms with Crippen LogP contribution in [0.3, 0.4) is 0 Å². The van der Waals surface area contributed by atoms with E-state index in [9.17, 15) is 13.2 Å². The van der Waals surface area contributed by atoms with Crippen molar-refractivity contribution in [3.8, 4) is 0 Å². The lowest BCUT2D eigenvalue weighted by molar-refractivity contribution is 0.0955. The molecule has 1 aromatic carbocycles. The van der Waals surface area contributed by atoms with Crippen molar-refractivity contribution in [2.45, 2.75) is 26.3 Å². The molecular formula is C17H28N4O3S. The van der Waals surface area contributed by atoms with Crippen molar-refractivity contribution in [3.63, 3.8) is 0 Å². The molecule has 0 heterocycles. The second-order valence-corrected chi connectivity index (χ2v) is 8.11. The van der Waals surface area contributed by atoms with E-state index in [0.29, 0.717) is 37.6 Å². The molecule has 0 fully saturated rings. The first-order valence-electron chi connectivity index (χ1n) is 8.37. The highest BCUT2D eigenvalue weighted by molar-refractivity contribution is 7.90. The molecule has 0 bridgehead atoms. The van der Waals surface area contributed by atoms with Crippen LogP contribution in [0.2, 0.25) is 0 Å². The van der Waals surface area contributed by atoms with Crippen LogP contribution in [0.15, 0.2) is 35.3 Å². The van der Waals surface area contributed by atoms with Gasteiger partial charge in [-0.15, -0.1) is 0 Å². The number of carbonyl (C=O) groups is 1. The van der Waals surface area contributed by atoms with Crippen LogP contribution in [0.1, 0.15) is 30.6 Å². The Labute approximate surface area is 150 Å². The van der Waals surface area contributed by atoms with Gasteiger partial charge in [-0.2, -0.15) is 0 Å². The highest BCUT2D eigenvalue weighted by Crippen LogP contribution is 1.97. The molecule has 0 aliphatic heterocycles.